The number of amides is 1. The van der Waals surface area contributed by atoms with Gasteiger partial charge < -0.3 is 33.7 Å². The molecule has 1 aliphatic rings. The maximum Gasteiger partial charge on any atom is 0.342 e. The maximum absolute atomic E-state index is 13.6. The number of esters is 1. The van der Waals surface area contributed by atoms with Crippen LogP contribution in [0.15, 0.2) is 109 Å². The molecule has 0 unspecified atom stereocenters. The quantitative estimate of drug-likeness (QED) is 0.0742. The Morgan fingerprint density at radius 3 is 1.58 bits per heavy atom. The molecule has 0 radical (unpaired) electrons. The van der Waals surface area contributed by atoms with Crippen molar-refractivity contribution in [3.63, 3.8) is 0 Å². The van der Waals surface area contributed by atoms with Gasteiger partial charge in [-0.15, -0.1) is 0 Å². The van der Waals surface area contributed by atoms with E-state index in [9.17, 15) is 34.6 Å². The van der Waals surface area contributed by atoms with Crippen LogP contribution in [0.5, 0.6) is 23.0 Å². The van der Waals surface area contributed by atoms with Crippen molar-refractivity contribution in [3.8, 4) is 23.0 Å². The highest BCUT2D eigenvalue weighted by Crippen LogP contribution is 2.38. The molecule has 1 N–H and O–H groups in total. The normalized spacial score (nSPS) is 12.8. The fourth-order valence-electron chi connectivity index (χ4n) is 6.00. The van der Waals surface area contributed by atoms with Crippen LogP contribution in [0.1, 0.15) is 43.0 Å². The summed E-state index contributed by atoms with van der Waals surface area (Å²) < 4.78 is 26.7. The van der Waals surface area contributed by atoms with Gasteiger partial charge in [0.1, 0.15) is 30.4 Å². The van der Waals surface area contributed by atoms with E-state index in [4.69, 9.17) is 28.8 Å². The summed E-state index contributed by atoms with van der Waals surface area (Å²) >= 11 is 0. The van der Waals surface area contributed by atoms with Crippen LogP contribution in [0.2, 0.25) is 0 Å². The van der Waals surface area contributed by atoms with Gasteiger partial charge in [-0.25, -0.2) is 9.59 Å². The van der Waals surface area contributed by atoms with E-state index in [0.717, 1.165) is 34.4 Å². The molecule has 1 aliphatic heterocycles. The number of nitro benzene ring substituents is 2. The Bertz CT molecular complexity index is 2270. The lowest BCUT2D eigenvalue weighted by Gasteiger charge is -2.35. The number of fused-ring (bicyclic) bond motifs is 1. The summed E-state index contributed by atoms with van der Waals surface area (Å²) in [6.07, 6.45) is 0.248. The molecule has 1 heterocycles. The summed E-state index contributed by atoms with van der Waals surface area (Å²) in [5.74, 6) is -2.13. The minimum absolute atomic E-state index is 0.112. The molecule has 6 rings (SSSR count). The van der Waals surface area contributed by atoms with Crippen molar-refractivity contribution >= 4 is 29.2 Å². The monoisotopic (exact) mass is 779 g/mol. The second-order valence-electron chi connectivity index (χ2n) is 12.4. The first-order valence-corrected chi connectivity index (χ1v) is 17.2. The van der Waals surface area contributed by atoms with Gasteiger partial charge in [0, 0.05) is 25.1 Å². The zero-order valence-corrected chi connectivity index (χ0v) is 31.0. The van der Waals surface area contributed by atoms with Gasteiger partial charge in [0.25, 0.3) is 17.3 Å². The summed E-state index contributed by atoms with van der Waals surface area (Å²) in [6.45, 7) is 0.455. The van der Waals surface area contributed by atoms with E-state index in [0.29, 0.717) is 0 Å². The summed E-state index contributed by atoms with van der Waals surface area (Å²) in [6, 6.07) is 29.7. The summed E-state index contributed by atoms with van der Waals surface area (Å²) in [5, 5.41) is 32.0. The summed E-state index contributed by atoms with van der Waals surface area (Å²) in [4.78, 5) is 60.1. The Morgan fingerprint density at radius 2 is 1.12 bits per heavy atom. The Kier molecular flexibility index (Phi) is 13.4. The lowest BCUT2D eigenvalue weighted by molar-refractivity contribution is -0.385. The molecule has 16 nitrogen and oxygen atoms in total. The molecule has 5 aromatic rings. The fraction of sp³-hybridized carbons (Fsp3) is 0.195. The fourth-order valence-corrected chi connectivity index (χ4v) is 6.00. The van der Waals surface area contributed by atoms with Crippen molar-refractivity contribution in [1.29, 1.82) is 0 Å². The van der Waals surface area contributed by atoms with Crippen LogP contribution in [0, 0.1) is 20.2 Å². The minimum atomic E-state index is -1.40. The van der Waals surface area contributed by atoms with Crippen molar-refractivity contribution in [1.82, 2.24) is 4.90 Å². The predicted molar refractivity (Wildman–Crippen MR) is 204 cm³/mol. The molecule has 0 aromatic heterocycles. The molecule has 16 heteroatoms. The third-order valence-electron chi connectivity index (χ3n) is 8.88. The first-order valence-electron chi connectivity index (χ1n) is 17.2. The van der Waals surface area contributed by atoms with Gasteiger partial charge in [-0.1, -0.05) is 84.9 Å². The van der Waals surface area contributed by atoms with Crippen LogP contribution in [-0.2, 0) is 35.7 Å². The van der Waals surface area contributed by atoms with E-state index < -0.39 is 50.7 Å². The molecule has 57 heavy (non-hydrogen) atoms. The number of nitrogens with zero attached hydrogens (tertiary/aromatic N) is 3. The number of ether oxygens (including phenoxy) is 5. The van der Waals surface area contributed by atoms with Crippen LogP contribution in [0.4, 0.5) is 11.4 Å². The van der Waals surface area contributed by atoms with Crippen LogP contribution >= 0.6 is 0 Å². The van der Waals surface area contributed by atoms with E-state index in [1.54, 1.807) is 0 Å². The molecule has 0 saturated heterocycles. The highest BCUT2D eigenvalue weighted by Gasteiger charge is 2.38. The lowest BCUT2D eigenvalue weighted by atomic mass is 9.93. The highest BCUT2D eigenvalue weighted by atomic mass is 16.6. The van der Waals surface area contributed by atoms with E-state index >= 15 is 0 Å². The second-order valence-corrected chi connectivity index (χ2v) is 12.4. The number of carbonyl (C=O) groups is 3. The van der Waals surface area contributed by atoms with E-state index in [1.165, 1.54) is 38.4 Å². The number of nitro groups is 2. The van der Waals surface area contributed by atoms with Crippen molar-refractivity contribution < 1.29 is 53.0 Å². The number of benzene rings is 5. The summed E-state index contributed by atoms with van der Waals surface area (Å²) in [7, 11) is 3.97. The molecule has 0 spiro atoms. The molecule has 294 valence electrons. The smallest absolute Gasteiger partial charge is 0.342 e. The molecule has 5 aromatic carbocycles. The topological polar surface area (TPSA) is 207 Å². The molecular weight excluding hydrogens is 742 g/mol. The Labute approximate surface area is 326 Å². The number of rotatable bonds is 13. The number of methoxy groups -OCH3 is 3. The SMILES string of the molecule is COC(=O)[C@@H]1Cc2ccccc2CN1C(=O)c1cc(OC)c(OCc2ccccc2)cc1[N+](=O)[O-].COc1cc(C(=O)O)c([N+](=O)[O-])cc1OCc1ccccc1. The zero-order valence-electron chi connectivity index (χ0n) is 31.0. The number of carboxylic acids is 1. The number of carboxylic acid groups (broad SMARTS) is 1. The average molecular weight is 780 g/mol. The van der Waals surface area contributed by atoms with Gasteiger partial charge in [-0.3, -0.25) is 25.0 Å². The molecule has 0 fully saturated rings. The van der Waals surface area contributed by atoms with Crippen LogP contribution in [0.25, 0.3) is 0 Å². The van der Waals surface area contributed by atoms with Gasteiger partial charge in [-0.2, -0.15) is 0 Å². The van der Waals surface area contributed by atoms with Crippen LogP contribution in [-0.4, -0.2) is 65.1 Å². The summed E-state index contributed by atoms with van der Waals surface area (Å²) in [5.41, 5.74) is 1.88. The lowest BCUT2D eigenvalue weighted by Crippen LogP contribution is -2.49. The molecule has 0 saturated carbocycles. The number of hydrogen-bond donors (Lipinski definition) is 1. The van der Waals surface area contributed by atoms with E-state index in [1.807, 2.05) is 84.9 Å². The molecular formula is C41H37N3O13. The number of carbonyl (C=O) groups excluding carboxylic acids is 2. The van der Waals surface area contributed by atoms with Crippen molar-refractivity contribution in [3.05, 3.63) is 163 Å². The average Bonchev–Trinajstić information content (AvgIpc) is 3.24. The predicted octanol–water partition coefficient (Wildman–Crippen LogP) is 6.80. The Hall–Kier alpha value is -7.49. The molecule has 0 bridgehead atoms. The van der Waals surface area contributed by atoms with Gasteiger partial charge >= 0.3 is 11.9 Å². The standard InChI is InChI=1S/C26H24N2O7.C15H13NO6/c1-33-23-13-20(21(28(31)32)14-24(23)35-16-17-8-4-3-5-9-17)25(29)27-15-19-11-7-6-10-18(19)12-22(27)26(30)34-2;1-21-13-7-11(15(17)18)12(16(19)20)8-14(13)22-9-10-5-3-2-4-6-10/h3-11,13-14,22H,12,15-16H2,1-2H3;2-8H,9H2,1H3,(H,17,18)/t22-;/m0./s1. The van der Waals surface area contributed by atoms with Gasteiger partial charge in [0.05, 0.1) is 43.3 Å². The minimum Gasteiger partial charge on any atom is -0.493 e. The van der Waals surface area contributed by atoms with Gasteiger partial charge in [0.15, 0.2) is 23.0 Å². The van der Waals surface area contributed by atoms with Crippen molar-refractivity contribution in [2.24, 2.45) is 0 Å². The van der Waals surface area contributed by atoms with Gasteiger partial charge in [0.2, 0.25) is 0 Å². The van der Waals surface area contributed by atoms with Crippen molar-refractivity contribution in [2.45, 2.75) is 32.2 Å². The van der Waals surface area contributed by atoms with E-state index in [2.05, 4.69) is 0 Å². The first kappa shape index (κ1) is 40.7. The Morgan fingerprint density at radius 1 is 0.667 bits per heavy atom. The molecule has 0 aliphatic carbocycles. The third kappa shape index (κ3) is 9.79. The Balaban J connectivity index is 0.000000242. The largest absolute Gasteiger partial charge is 0.493 e. The zero-order chi connectivity index (χ0) is 41.1. The van der Waals surface area contributed by atoms with E-state index in [-0.39, 0.29) is 54.7 Å². The van der Waals surface area contributed by atoms with Crippen LogP contribution < -0.4 is 18.9 Å². The number of hydrogen-bond acceptors (Lipinski definition) is 12. The third-order valence-corrected chi connectivity index (χ3v) is 8.88. The molecule has 1 atom stereocenters. The van der Waals surface area contributed by atoms with Crippen molar-refractivity contribution in [2.75, 3.05) is 21.3 Å². The first-order chi connectivity index (χ1) is 27.4. The highest BCUT2D eigenvalue weighted by molar-refractivity contribution is 6.01. The van der Waals surface area contributed by atoms with Crippen LogP contribution in [0.3, 0.4) is 0 Å². The molecule has 1 amide bonds. The van der Waals surface area contributed by atoms with Gasteiger partial charge in [-0.05, 0) is 22.3 Å². The number of aromatic carboxylic acids is 1. The second kappa shape index (κ2) is 18.7. The maximum atomic E-state index is 13.6.